The van der Waals surface area contributed by atoms with Crippen LogP contribution in [0.2, 0.25) is 0 Å². The Bertz CT molecular complexity index is 943. The van der Waals surface area contributed by atoms with Crippen LogP contribution in [0.5, 0.6) is 17.2 Å². The molecule has 28 heavy (non-hydrogen) atoms. The second-order valence-electron chi connectivity index (χ2n) is 5.78. The maximum Gasteiger partial charge on any atom is 0.240 e. The minimum absolute atomic E-state index is 0.0141. The number of hydrogen-bond donors (Lipinski definition) is 2. The predicted octanol–water partition coefficient (Wildman–Crippen LogP) is 2.54. The van der Waals surface area contributed by atoms with E-state index in [1.54, 1.807) is 25.1 Å². The third kappa shape index (κ3) is 5.14. The molecule has 0 atom stereocenters. The van der Waals surface area contributed by atoms with Crippen LogP contribution in [0.4, 0.5) is 5.69 Å². The number of ether oxygens (including phenoxy) is 3. The molecule has 0 aromatic heterocycles. The minimum atomic E-state index is -3.81. The molecule has 0 aliphatic heterocycles. The van der Waals surface area contributed by atoms with Crippen molar-refractivity contribution >= 4 is 21.6 Å². The van der Waals surface area contributed by atoms with Gasteiger partial charge in [0.1, 0.15) is 5.75 Å². The van der Waals surface area contributed by atoms with Gasteiger partial charge in [0.25, 0.3) is 0 Å². The number of sulfonamides is 1. The monoisotopic (exact) mass is 408 g/mol. The fraction of sp³-hybridized carbons (Fsp3) is 0.316. The lowest BCUT2D eigenvalue weighted by atomic mass is 10.2. The van der Waals surface area contributed by atoms with E-state index >= 15 is 0 Å². The van der Waals surface area contributed by atoms with E-state index < -0.39 is 10.0 Å². The van der Waals surface area contributed by atoms with Gasteiger partial charge in [-0.3, -0.25) is 4.79 Å². The van der Waals surface area contributed by atoms with Crippen molar-refractivity contribution in [2.75, 3.05) is 26.6 Å². The summed E-state index contributed by atoms with van der Waals surface area (Å²) in [5.74, 6) is 1.19. The van der Waals surface area contributed by atoms with Gasteiger partial charge in [-0.1, -0.05) is 13.0 Å². The molecular formula is C19H24N2O6S. The zero-order valence-corrected chi connectivity index (χ0v) is 17.1. The van der Waals surface area contributed by atoms with Crippen molar-refractivity contribution in [2.24, 2.45) is 0 Å². The molecule has 1 amide bonds. The number of rotatable bonds is 9. The third-order valence-corrected chi connectivity index (χ3v) is 5.39. The molecule has 0 unspecified atom stereocenters. The smallest absolute Gasteiger partial charge is 0.240 e. The first kappa shape index (κ1) is 21.5. The van der Waals surface area contributed by atoms with Crippen molar-refractivity contribution in [3.05, 3.63) is 42.0 Å². The van der Waals surface area contributed by atoms with Crippen molar-refractivity contribution in [3.8, 4) is 17.2 Å². The Balaban J connectivity index is 2.22. The highest BCUT2D eigenvalue weighted by atomic mass is 32.2. The summed E-state index contributed by atoms with van der Waals surface area (Å²) in [5.41, 5.74) is 0.998. The average molecular weight is 408 g/mol. The summed E-state index contributed by atoms with van der Waals surface area (Å²) in [7, 11) is 0.668. The Morgan fingerprint density at radius 2 is 1.57 bits per heavy atom. The first-order valence-electron chi connectivity index (χ1n) is 8.53. The van der Waals surface area contributed by atoms with Crippen molar-refractivity contribution in [1.82, 2.24) is 4.72 Å². The number of benzene rings is 2. The molecule has 0 aliphatic carbocycles. The summed E-state index contributed by atoms with van der Waals surface area (Å²) >= 11 is 0. The normalized spacial score (nSPS) is 11.0. The van der Waals surface area contributed by atoms with Gasteiger partial charge in [0, 0.05) is 13.0 Å². The standard InChI is InChI=1S/C19H24N2O6S/c1-5-19(22)21-15-11-14(7-9-16(15)25-2)28(23,24)20-12-13-6-8-17(26-3)18(10-13)27-4/h6-11,20H,5,12H2,1-4H3,(H,21,22). The molecule has 0 heterocycles. The predicted molar refractivity (Wildman–Crippen MR) is 105 cm³/mol. The van der Waals surface area contributed by atoms with Gasteiger partial charge in [0.05, 0.1) is 31.9 Å². The van der Waals surface area contributed by atoms with E-state index in [1.807, 2.05) is 0 Å². The van der Waals surface area contributed by atoms with Crippen LogP contribution in [0.1, 0.15) is 18.9 Å². The molecule has 0 aliphatic rings. The number of methoxy groups -OCH3 is 3. The van der Waals surface area contributed by atoms with E-state index in [1.165, 1.54) is 39.5 Å². The maximum absolute atomic E-state index is 12.7. The SMILES string of the molecule is CCC(=O)Nc1cc(S(=O)(=O)NCc2ccc(OC)c(OC)c2)ccc1OC. The molecule has 0 radical (unpaired) electrons. The average Bonchev–Trinajstić information content (AvgIpc) is 2.71. The Morgan fingerprint density at radius 1 is 0.929 bits per heavy atom. The molecule has 8 nitrogen and oxygen atoms in total. The van der Waals surface area contributed by atoms with Gasteiger partial charge in [-0.2, -0.15) is 0 Å². The van der Waals surface area contributed by atoms with Gasteiger partial charge < -0.3 is 19.5 Å². The van der Waals surface area contributed by atoms with Crippen molar-refractivity contribution < 1.29 is 27.4 Å². The summed E-state index contributed by atoms with van der Waals surface area (Å²) in [4.78, 5) is 11.7. The quantitative estimate of drug-likeness (QED) is 0.661. The van der Waals surface area contributed by atoms with Crippen LogP contribution in [-0.2, 0) is 21.4 Å². The van der Waals surface area contributed by atoms with Gasteiger partial charge >= 0.3 is 0 Å². The first-order valence-corrected chi connectivity index (χ1v) is 10.0. The zero-order chi connectivity index (χ0) is 20.7. The third-order valence-electron chi connectivity index (χ3n) is 3.99. The van der Waals surface area contributed by atoms with E-state index in [4.69, 9.17) is 14.2 Å². The molecule has 0 saturated carbocycles. The van der Waals surface area contributed by atoms with E-state index in [2.05, 4.69) is 10.0 Å². The van der Waals surface area contributed by atoms with Crippen LogP contribution in [0, 0.1) is 0 Å². The molecule has 2 N–H and O–H groups in total. The highest BCUT2D eigenvalue weighted by molar-refractivity contribution is 7.89. The van der Waals surface area contributed by atoms with Crippen LogP contribution in [0.3, 0.4) is 0 Å². The van der Waals surface area contributed by atoms with Crippen molar-refractivity contribution in [3.63, 3.8) is 0 Å². The molecule has 2 aromatic rings. The topological polar surface area (TPSA) is 103 Å². The zero-order valence-electron chi connectivity index (χ0n) is 16.2. The molecule has 0 spiro atoms. The molecular weight excluding hydrogens is 384 g/mol. The Hall–Kier alpha value is -2.78. The molecule has 152 valence electrons. The molecule has 2 rings (SSSR count). The number of carbonyl (C=O) groups is 1. The largest absolute Gasteiger partial charge is 0.495 e. The fourth-order valence-corrected chi connectivity index (χ4v) is 3.49. The lowest BCUT2D eigenvalue weighted by molar-refractivity contribution is -0.115. The minimum Gasteiger partial charge on any atom is -0.495 e. The van der Waals surface area contributed by atoms with E-state index in [-0.39, 0.29) is 23.8 Å². The molecule has 0 saturated heterocycles. The number of anilines is 1. The first-order chi connectivity index (χ1) is 13.3. The number of amides is 1. The lowest BCUT2D eigenvalue weighted by Gasteiger charge is -2.13. The summed E-state index contributed by atoms with van der Waals surface area (Å²) in [6, 6.07) is 9.41. The Kier molecular flexibility index (Phi) is 7.24. The van der Waals surface area contributed by atoms with Crippen molar-refractivity contribution in [2.45, 2.75) is 24.8 Å². The summed E-state index contributed by atoms with van der Waals surface area (Å²) in [6.45, 7) is 1.76. The van der Waals surface area contributed by atoms with Gasteiger partial charge in [0.15, 0.2) is 11.5 Å². The summed E-state index contributed by atoms with van der Waals surface area (Å²) in [5, 5.41) is 2.64. The molecule has 9 heteroatoms. The lowest BCUT2D eigenvalue weighted by Crippen LogP contribution is -2.23. The number of hydrogen-bond acceptors (Lipinski definition) is 6. The maximum atomic E-state index is 12.7. The number of carbonyl (C=O) groups excluding carboxylic acids is 1. The highest BCUT2D eigenvalue weighted by Gasteiger charge is 2.18. The van der Waals surface area contributed by atoms with E-state index in [0.29, 0.717) is 28.5 Å². The van der Waals surface area contributed by atoms with E-state index in [0.717, 1.165) is 0 Å². The number of nitrogens with one attached hydrogen (secondary N) is 2. The second-order valence-corrected chi connectivity index (χ2v) is 7.54. The van der Waals surface area contributed by atoms with Crippen LogP contribution in [-0.4, -0.2) is 35.7 Å². The van der Waals surface area contributed by atoms with Gasteiger partial charge in [0.2, 0.25) is 15.9 Å². The molecule has 0 bridgehead atoms. The van der Waals surface area contributed by atoms with Crippen LogP contribution in [0.15, 0.2) is 41.3 Å². The Morgan fingerprint density at radius 3 is 2.18 bits per heavy atom. The van der Waals surface area contributed by atoms with E-state index in [9.17, 15) is 13.2 Å². The van der Waals surface area contributed by atoms with Gasteiger partial charge in [-0.15, -0.1) is 0 Å². The Labute approximate surface area is 164 Å². The van der Waals surface area contributed by atoms with Crippen LogP contribution >= 0.6 is 0 Å². The second kappa shape index (κ2) is 9.43. The van der Waals surface area contributed by atoms with Gasteiger partial charge in [-0.05, 0) is 35.9 Å². The summed E-state index contributed by atoms with van der Waals surface area (Å²) < 4.78 is 43.5. The van der Waals surface area contributed by atoms with Crippen molar-refractivity contribution in [1.29, 1.82) is 0 Å². The molecule has 0 fully saturated rings. The summed E-state index contributed by atoms with van der Waals surface area (Å²) in [6.07, 6.45) is 0.262. The van der Waals surface area contributed by atoms with Crippen LogP contribution < -0.4 is 24.2 Å². The molecule has 2 aromatic carbocycles. The van der Waals surface area contributed by atoms with Gasteiger partial charge in [-0.25, -0.2) is 13.1 Å². The highest BCUT2D eigenvalue weighted by Crippen LogP contribution is 2.29. The van der Waals surface area contributed by atoms with Crippen LogP contribution in [0.25, 0.3) is 0 Å². The fourth-order valence-electron chi connectivity index (χ4n) is 2.44.